The van der Waals surface area contributed by atoms with Crippen LogP contribution in [0.25, 0.3) is 10.8 Å². The molecule has 2 aromatic rings. The molecule has 0 bridgehead atoms. The van der Waals surface area contributed by atoms with Gasteiger partial charge in [-0.25, -0.2) is 0 Å². The quantitative estimate of drug-likeness (QED) is 0.767. The summed E-state index contributed by atoms with van der Waals surface area (Å²) in [6, 6.07) is 9.34. The first-order chi connectivity index (χ1) is 10.3. The molecule has 1 aliphatic carbocycles. The minimum Gasteiger partial charge on any atom is -0.310 e. The molecule has 1 fully saturated rings. The Bertz CT molecular complexity index is 580. The van der Waals surface area contributed by atoms with E-state index < -0.39 is 0 Å². The van der Waals surface area contributed by atoms with Crippen molar-refractivity contribution in [2.75, 3.05) is 0 Å². The third kappa shape index (κ3) is 4.69. The van der Waals surface area contributed by atoms with E-state index in [0.717, 1.165) is 12.5 Å². The number of hydrogen-bond donors (Lipinski definition) is 1. The lowest BCUT2D eigenvalue weighted by atomic mass is 9.81. The van der Waals surface area contributed by atoms with E-state index in [1.165, 1.54) is 54.9 Å². The molecule has 0 amide bonds. The number of nitrogens with zero attached hydrogens (tertiary/aromatic N) is 1. The highest BCUT2D eigenvalue weighted by Gasteiger charge is 2.16. The maximum absolute atomic E-state index is 4.16. The van der Waals surface area contributed by atoms with Gasteiger partial charge < -0.3 is 5.32 Å². The zero-order valence-corrected chi connectivity index (χ0v) is 14.2. The Balaban J connectivity index is 0.00000176. The molecule has 1 aromatic carbocycles. The molecule has 0 radical (unpaired) electrons. The third-order valence-corrected chi connectivity index (χ3v) is 4.83. The summed E-state index contributed by atoms with van der Waals surface area (Å²) in [5.41, 5.74) is 1.36. The predicted molar refractivity (Wildman–Crippen MR) is 96.5 cm³/mol. The standard InChI is InChI=1S/C19H26N2.ClH/c1-15(4-2-5-16-6-3-7-16)21-13-17-8-9-19-14-20-11-10-18(19)12-17;/h8-12,14-16,21H,2-7,13H2,1H3;1H/t15-;/m1./s1. The van der Waals surface area contributed by atoms with E-state index in [0.29, 0.717) is 6.04 Å². The van der Waals surface area contributed by atoms with Crippen molar-refractivity contribution in [1.82, 2.24) is 10.3 Å². The molecule has 0 saturated heterocycles. The van der Waals surface area contributed by atoms with E-state index in [9.17, 15) is 0 Å². The topological polar surface area (TPSA) is 24.9 Å². The summed E-state index contributed by atoms with van der Waals surface area (Å²) >= 11 is 0. The monoisotopic (exact) mass is 318 g/mol. The summed E-state index contributed by atoms with van der Waals surface area (Å²) in [6.45, 7) is 3.27. The molecular formula is C19H27ClN2. The van der Waals surface area contributed by atoms with Crippen LogP contribution in [-0.2, 0) is 6.54 Å². The van der Waals surface area contributed by atoms with Crippen molar-refractivity contribution in [3.63, 3.8) is 0 Å². The second kappa shape index (κ2) is 8.50. The van der Waals surface area contributed by atoms with Gasteiger partial charge in [0.1, 0.15) is 0 Å². The van der Waals surface area contributed by atoms with Gasteiger partial charge in [0.2, 0.25) is 0 Å². The Kier molecular flexibility index (Phi) is 6.66. The van der Waals surface area contributed by atoms with Gasteiger partial charge in [0.15, 0.2) is 0 Å². The average Bonchev–Trinajstić information content (AvgIpc) is 2.47. The Labute approximate surface area is 140 Å². The van der Waals surface area contributed by atoms with Crippen molar-refractivity contribution in [3.05, 3.63) is 42.2 Å². The van der Waals surface area contributed by atoms with Crippen molar-refractivity contribution in [3.8, 4) is 0 Å². The normalized spacial score (nSPS) is 16.0. The highest BCUT2D eigenvalue weighted by molar-refractivity contribution is 5.85. The number of benzene rings is 1. The van der Waals surface area contributed by atoms with E-state index in [1.807, 2.05) is 12.4 Å². The lowest BCUT2D eigenvalue weighted by molar-refractivity contribution is 0.282. The molecule has 1 atom stereocenters. The molecule has 3 rings (SSSR count). The van der Waals surface area contributed by atoms with Crippen molar-refractivity contribution in [2.24, 2.45) is 5.92 Å². The third-order valence-electron chi connectivity index (χ3n) is 4.83. The minimum absolute atomic E-state index is 0. The van der Waals surface area contributed by atoms with E-state index >= 15 is 0 Å². The second-order valence-electron chi connectivity index (χ2n) is 6.57. The van der Waals surface area contributed by atoms with Gasteiger partial charge in [0.05, 0.1) is 0 Å². The zero-order chi connectivity index (χ0) is 14.5. The van der Waals surface area contributed by atoms with Crippen molar-refractivity contribution in [1.29, 1.82) is 0 Å². The second-order valence-corrected chi connectivity index (χ2v) is 6.57. The summed E-state index contributed by atoms with van der Waals surface area (Å²) in [5, 5.41) is 6.15. The molecule has 3 heteroatoms. The van der Waals surface area contributed by atoms with Crippen LogP contribution in [0, 0.1) is 5.92 Å². The Morgan fingerprint density at radius 2 is 2.09 bits per heavy atom. The number of fused-ring (bicyclic) bond motifs is 1. The van der Waals surface area contributed by atoms with Crippen LogP contribution in [0.3, 0.4) is 0 Å². The Morgan fingerprint density at radius 3 is 2.86 bits per heavy atom. The Morgan fingerprint density at radius 1 is 1.23 bits per heavy atom. The molecule has 0 unspecified atom stereocenters. The average molecular weight is 319 g/mol. The number of rotatable bonds is 7. The van der Waals surface area contributed by atoms with Gasteiger partial charge in [-0.05, 0) is 42.3 Å². The van der Waals surface area contributed by atoms with Crippen LogP contribution in [-0.4, -0.2) is 11.0 Å². The fourth-order valence-corrected chi connectivity index (χ4v) is 3.13. The highest BCUT2D eigenvalue weighted by atomic mass is 35.5. The molecule has 1 N–H and O–H groups in total. The molecule has 1 saturated carbocycles. The van der Waals surface area contributed by atoms with Crippen LogP contribution >= 0.6 is 12.4 Å². The summed E-state index contributed by atoms with van der Waals surface area (Å²) in [4.78, 5) is 4.16. The Hall–Kier alpha value is -1.12. The molecular weight excluding hydrogens is 292 g/mol. The van der Waals surface area contributed by atoms with Gasteiger partial charge in [-0.1, -0.05) is 44.2 Å². The van der Waals surface area contributed by atoms with Crippen LogP contribution < -0.4 is 5.32 Å². The molecule has 22 heavy (non-hydrogen) atoms. The number of hydrogen-bond acceptors (Lipinski definition) is 2. The lowest BCUT2D eigenvalue weighted by Crippen LogP contribution is -2.25. The first-order valence-corrected chi connectivity index (χ1v) is 8.37. The molecule has 1 heterocycles. The minimum atomic E-state index is 0. The largest absolute Gasteiger partial charge is 0.310 e. The SMILES string of the molecule is C[C@H](CCCC1CCC1)NCc1ccc2cnccc2c1.Cl. The molecule has 1 aromatic heterocycles. The summed E-state index contributed by atoms with van der Waals surface area (Å²) < 4.78 is 0. The maximum atomic E-state index is 4.16. The summed E-state index contributed by atoms with van der Waals surface area (Å²) in [7, 11) is 0. The number of pyridine rings is 1. The number of aromatic nitrogens is 1. The smallest absolute Gasteiger partial charge is 0.0346 e. The summed E-state index contributed by atoms with van der Waals surface area (Å²) in [6.07, 6.45) is 12.3. The van der Waals surface area contributed by atoms with Gasteiger partial charge in [0, 0.05) is 30.4 Å². The van der Waals surface area contributed by atoms with Gasteiger partial charge in [-0.3, -0.25) is 4.98 Å². The van der Waals surface area contributed by atoms with Gasteiger partial charge >= 0.3 is 0 Å². The predicted octanol–water partition coefficient (Wildman–Crippen LogP) is 5.11. The highest BCUT2D eigenvalue weighted by Crippen LogP contribution is 2.30. The molecule has 120 valence electrons. The lowest BCUT2D eigenvalue weighted by Gasteiger charge is -2.25. The van der Waals surface area contributed by atoms with E-state index in [2.05, 4.69) is 41.5 Å². The maximum Gasteiger partial charge on any atom is 0.0346 e. The fraction of sp³-hybridized carbons (Fsp3) is 0.526. The van der Waals surface area contributed by atoms with Gasteiger partial charge in [-0.15, -0.1) is 12.4 Å². The van der Waals surface area contributed by atoms with Crippen LogP contribution in [0.1, 0.15) is 51.0 Å². The van der Waals surface area contributed by atoms with E-state index in [-0.39, 0.29) is 12.4 Å². The van der Waals surface area contributed by atoms with Crippen LogP contribution in [0.4, 0.5) is 0 Å². The summed E-state index contributed by atoms with van der Waals surface area (Å²) in [5.74, 6) is 1.05. The first-order valence-electron chi connectivity index (χ1n) is 8.37. The van der Waals surface area contributed by atoms with Gasteiger partial charge in [-0.2, -0.15) is 0 Å². The van der Waals surface area contributed by atoms with E-state index in [1.54, 1.807) is 0 Å². The zero-order valence-electron chi connectivity index (χ0n) is 13.4. The van der Waals surface area contributed by atoms with E-state index in [4.69, 9.17) is 0 Å². The van der Waals surface area contributed by atoms with Crippen LogP contribution in [0.15, 0.2) is 36.7 Å². The van der Waals surface area contributed by atoms with Crippen molar-refractivity contribution in [2.45, 2.75) is 58.0 Å². The number of halogens is 1. The van der Waals surface area contributed by atoms with Crippen molar-refractivity contribution >= 4 is 23.2 Å². The van der Waals surface area contributed by atoms with Crippen molar-refractivity contribution < 1.29 is 0 Å². The van der Waals surface area contributed by atoms with Crippen LogP contribution in [0.5, 0.6) is 0 Å². The molecule has 0 spiro atoms. The molecule has 1 aliphatic rings. The molecule has 2 nitrogen and oxygen atoms in total. The fourth-order valence-electron chi connectivity index (χ4n) is 3.13. The number of nitrogens with one attached hydrogen (secondary N) is 1. The van der Waals surface area contributed by atoms with Gasteiger partial charge in [0.25, 0.3) is 0 Å². The first kappa shape index (κ1) is 17.2. The molecule has 0 aliphatic heterocycles. The van der Waals surface area contributed by atoms with Crippen LogP contribution in [0.2, 0.25) is 0 Å².